The highest BCUT2D eigenvalue weighted by molar-refractivity contribution is 6.08. The maximum absolute atomic E-state index is 12.7. The average Bonchev–Trinajstić information content (AvgIpc) is 2.61. The lowest BCUT2D eigenvalue weighted by Gasteiger charge is -2.32. The fourth-order valence-electron chi connectivity index (χ4n) is 2.93. The van der Waals surface area contributed by atoms with Crippen molar-refractivity contribution >= 4 is 16.7 Å². The zero-order valence-electron chi connectivity index (χ0n) is 14.4. The van der Waals surface area contributed by atoms with Gasteiger partial charge in [0.1, 0.15) is 5.75 Å². The van der Waals surface area contributed by atoms with E-state index in [4.69, 9.17) is 4.74 Å². The van der Waals surface area contributed by atoms with E-state index in [1.807, 2.05) is 41.4 Å². The Hall–Kier alpha value is -2.11. The predicted molar refractivity (Wildman–Crippen MR) is 96.3 cm³/mol. The summed E-state index contributed by atoms with van der Waals surface area (Å²) in [5, 5.41) is 3.91. The number of nitrogens with one attached hydrogen (secondary N) is 1. The third-order valence-electron chi connectivity index (χ3n) is 4.35. The molecule has 24 heavy (non-hydrogen) atoms. The van der Waals surface area contributed by atoms with E-state index in [9.17, 15) is 4.79 Å². The molecule has 0 aliphatic carbocycles. The lowest BCUT2D eigenvalue weighted by Crippen LogP contribution is -2.52. The Labute approximate surface area is 143 Å². The fourth-order valence-corrected chi connectivity index (χ4v) is 2.93. The molecule has 0 spiro atoms. The molecule has 3 rings (SSSR count). The van der Waals surface area contributed by atoms with Crippen LogP contribution >= 0.6 is 0 Å². The van der Waals surface area contributed by atoms with E-state index < -0.39 is 0 Å². The van der Waals surface area contributed by atoms with Gasteiger partial charge < -0.3 is 9.64 Å². The molecule has 1 aliphatic rings. The van der Waals surface area contributed by atoms with Crippen molar-refractivity contribution in [2.45, 2.75) is 13.3 Å². The van der Waals surface area contributed by atoms with Crippen molar-refractivity contribution in [3.8, 4) is 5.75 Å². The van der Waals surface area contributed by atoms with Crippen LogP contribution in [0, 0.1) is 0 Å². The van der Waals surface area contributed by atoms with Gasteiger partial charge in [-0.15, -0.1) is 0 Å². The lowest BCUT2D eigenvalue weighted by molar-refractivity contribution is 0.0664. The fraction of sp³-hybridized carbons (Fsp3) is 0.421. The van der Waals surface area contributed by atoms with Crippen LogP contribution in [-0.4, -0.2) is 55.6 Å². The van der Waals surface area contributed by atoms with E-state index >= 15 is 0 Å². The molecular formula is C19H25N3O2. The molecule has 1 amide bonds. The van der Waals surface area contributed by atoms with Gasteiger partial charge in [0, 0.05) is 37.1 Å². The van der Waals surface area contributed by atoms with Crippen molar-refractivity contribution in [3.63, 3.8) is 0 Å². The zero-order valence-corrected chi connectivity index (χ0v) is 14.4. The van der Waals surface area contributed by atoms with E-state index in [1.54, 1.807) is 0 Å². The molecule has 0 aromatic heterocycles. The van der Waals surface area contributed by atoms with Gasteiger partial charge >= 0.3 is 0 Å². The van der Waals surface area contributed by atoms with Gasteiger partial charge in [-0.05, 0) is 31.0 Å². The van der Waals surface area contributed by atoms with Gasteiger partial charge in [-0.3, -0.25) is 10.2 Å². The van der Waals surface area contributed by atoms with E-state index in [0.29, 0.717) is 12.2 Å². The van der Waals surface area contributed by atoms with Crippen LogP contribution in [0.25, 0.3) is 10.8 Å². The highest BCUT2D eigenvalue weighted by Crippen LogP contribution is 2.28. The second-order valence-corrected chi connectivity index (χ2v) is 6.24. The van der Waals surface area contributed by atoms with Crippen molar-refractivity contribution in [1.82, 2.24) is 15.3 Å². The van der Waals surface area contributed by atoms with Crippen molar-refractivity contribution in [2.75, 3.05) is 39.8 Å². The Bertz CT molecular complexity index is 709. The van der Waals surface area contributed by atoms with Gasteiger partial charge in [-0.2, -0.15) is 0 Å². The first-order valence-corrected chi connectivity index (χ1v) is 8.58. The number of fused-ring (bicyclic) bond motifs is 1. The smallest absolute Gasteiger partial charge is 0.266 e. The van der Waals surface area contributed by atoms with E-state index in [2.05, 4.69) is 24.3 Å². The van der Waals surface area contributed by atoms with Crippen molar-refractivity contribution < 1.29 is 9.53 Å². The highest BCUT2D eigenvalue weighted by atomic mass is 16.5. The number of amides is 1. The summed E-state index contributed by atoms with van der Waals surface area (Å²) in [6.07, 6.45) is 0.958. The predicted octanol–water partition coefficient (Wildman–Crippen LogP) is 2.52. The van der Waals surface area contributed by atoms with Gasteiger partial charge in [0.2, 0.25) is 0 Å². The molecule has 1 saturated heterocycles. The van der Waals surface area contributed by atoms with Gasteiger partial charge in [0.15, 0.2) is 0 Å². The summed E-state index contributed by atoms with van der Waals surface area (Å²) in [7, 11) is 2.10. The number of hydrogen-bond acceptors (Lipinski definition) is 4. The molecule has 0 atom stereocenters. The third kappa shape index (κ3) is 3.68. The Morgan fingerprint density at radius 3 is 2.50 bits per heavy atom. The number of carbonyl (C=O) groups excluding carboxylic acids is 1. The summed E-state index contributed by atoms with van der Waals surface area (Å²) < 4.78 is 5.82. The van der Waals surface area contributed by atoms with E-state index in [-0.39, 0.29) is 5.91 Å². The number of nitrogens with zero attached hydrogens (tertiary/aromatic N) is 2. The number of carbonyl (C=O) groups is 1. The molecule has 2 aromatic carbocycles. The van der Waals surface area contributed by atoms with Crippen LogP contribution in [0.4, 0.5) is 0 Å². The van der Waals surface area contributed by atoms with Crippen LogP contribution in [0.15, 0.2) is 36.4 Å². The largest absolute Gasteiger partial charge is 0.493 e. The number of hydrazine groups is 1. The zero-order chi connectivity index (χ0) is 16.9. The molecule has 1 heterocycles. The number of hydrogen-bond donors (Lipinski definition) is 1. The first-order valence-electron chi connectivity index (χ1n) is 8.58. The summed E-state index contributed by atoms with van der Waals surface area (Å²) in [5.41, 5.74) is 3.73. The minimum atomic E-state index is -0.0576. The average molecular weight is 327 g/mol. The minimum Gasteiger partial charge on any atom is -0.493 e. The second-order valence-electron chi connectivity index (χ2n) is 6.24. The van der Waals surface area contributed by atoms with Gasteiger partial charge in [-0.1, -0.05) is 31.2 Å². The molecule has 0 unspecified atom stereocenters. The van der Waals surface area contributed by atoms with Crippen LogP contribution in [0.1, 0.15) is 23.7 Å². The van der Waals surface area contributed by atoms with E-state index in [1.165, 1.54) is 0 Å². The van der Waals surface area contributed by atoms with Crippen molar-refractivity contribution in [1.29, 1.82) is 0 Å². The van der Waals surface area contributed by atoms with Crippen LogP contribution in [-0.2, 0) is 0 Å². The topological polar surface area (TPSA) is 44.8 Å². The maximum Gasteiger partial charge on any atom is 0.266 e. The monoisotopic (exact) mass is 327 g/mol. The lowest BCUT2D eigenvalue weighted by atomic mass is 10.0. The number of likely N-dealkylation sites (N-methyl/N-ethyl adjacent to an activating group) is 1. The molecular weight excluding hydrogens is 302 g/mol. The summed E-state index contributed by atoms with van der Waals surface area (Å²) >= 11 is 0. The summed E-state index contributed by atoms with van der Waals surface area (Å²) in [5.74, 6) is 0.779. The third-order valence-corrected chi connectivity index (χ3v) is 4.35. The standard InChI is InChI=1S/C19H25N3O2/c1-3-14-24-18-9-8-17(15-6-4-5-7-16(15)18)19(23)20-22-12-10-21(2)11-13-22/h4-9H,3,10-14H2,1-2H3,(H,20,23). The Morgan fingerprint density at radius 1 is 1.08 bits per heavy atom. The quantitative estimate of drug-likeness (QED) is 0.916. The molecule has 128 valence electrons. The number of benzene rings is 2. The van der Waals surface area contributed by atoms with Gasteiger partial charge in [0.05, 0.1) is 6.61 Å². The van der Waals surface area contributed by atoms with Gasteiger partial charge in [0.25, 0.3) is 5.91 Å². The van der Waals surface area contributed by atoms with Crippen LogP contribution in [0.2, 0.25) is 0 Å². The molecule has 1 N–H and O–H groups in total. The minimum absolute atomic E-state index is 0.0576. The second kappa shape index (κ2) is 7.64. The Morgan fingerprint density at radius 2 is 1.79 bits per heavy atom. The van der Waals surface area contributed by atoms with E-state index in [0.717, 1.165) is 49.1 Å². The molecule has 5 nitrogen and oxygen atoms in total. The first-order chi connectivity index (χ1) is 11.7. The molecule has 0 radical (unpaired) electrons. The first kappa shape index (κ1) is 16.7. The maximum atomic E-state index is 12.7. The Kier molecular flexibility index (Phi) is 5.33. The highest BCUT2D eigenvalue weighted by Gasteiger charge is 2.18. The number of rotatable bonds is 5. The SMILES string of the molecule is CCCOc1ccc(C(=O)NN2CCN(C)CC2)c2ccccc12. The Balaban J connectivity index is 1.82. The van der Waals surface area contributed by atoms with Crippen LogP contribution < -0.4 is 10.2 Å². The number of ether oxygens (including phenoxy) is 1. The van der Waals surface area contributed by atoms with Crippen molar-refractivity contribution in [2.24, 2.45) is 0 Å². The summed E-state index contributed by atoms with van der Waals surface area (Å²) in [4.78, 5) is 15.0. The van der Waals surface area contributed by atoms with Crippen molar-refractivity contribution in [3.05, 3.63) is 42.0 Å². The molecule has 5 heteroatoms. The van der Waals surface area contributed by atoms with Gasteiger partial charge in [-0.25, -0.2) is 5.01 Å². The number of piperazine rings is 1. The molecule has 0 bridgehead atoms. The molecule has 2 aromatic rings. The molecule has 1 fully saturated rings. The van der Waals surface area contributed by atoms with Crippen LogP contribution in [0.3, 0.4) is 0 Å². The molecule has 1 aliphatic heterocycles. The summed E-state index contributed by atoms with van der Waals surface area (Å²) in [6.45, 7) is 6.38. The normalized spacial score (nSPS) is 16.2. The summed E-state index contributed by atoms with van der Waals surface area (Å²) in [6, 6.07) is 11.7. The molecule has 0 saturated carbocycles. The van der Waals surface area contributed by atoms with Crippen LogP contribution in [0.5, 0.6) is 5.75 Å².